The van der Waals surface area contributed by atoms with Gasteiger partial charge in [0.2, 0.25) is 0 Å². The molecule has 0 atom stereocenters. The summed E-state index contributed by atoms with van der Waals surface area (Å²) in [5, 5.41) is 0. The van der Waals surface area contributed by atoms with Gasteiger partial charge in [0, 0.05) is 17.6 Å². The van der Waals surface area contributed by atoms with Crippen LogP contribution < -0.4 is 5.73 Å². The second-order valence-corrected chi connectivity index (χ2v) is 5.80. The molecule has 3 heteroatoms. The summed E-state index contributed by atoms with van der Waals surface area (Å²) in [6.07, 6.45) is 7.98. The largest absolute Gasteiger partial charge is 0.399 e. The van der Waals surface area contributed by atoms with Crippen molar-refractivity contribution in [2.24, 2.45) is 0 Å². The van der Waals surface area contributed by atoms with Crippen LogP contribution in [-0.4, -0.2) is 9.55 Å². The zero-order chi connectivity index (χ0) is 12.1. The van der Waals surface area contributed by atoms with E-state index in [0.717, 1.165) is 11.2 Å². The molecule has 18 heavy (non-hydrogen) atoms. The minimum atomic E-state index is 0.675. The molecule has 2 aromatic rings. The Morgan fingerprint density at radius 2 is 1.89 bits per heavy atom. The summed E-state index contributed by atoms with van der Waals surface area (Å²) < 4.78 is 2.53. The van der Waals surface area contributed by atoms with Gasteiger partial charge in [0.1, 0.15) is 5.82 Å². The smallest absolute Gasteiger partial charge is 0.113 e. The van der Waals surface area contributed by atoms with Gasteiger partial charge in [0.15, 0.2) is 0 Å². The highest BCUT2D eigenvalue weighted by molar-refractivity contribution is 5.80. The average Bonchev–Trinajstić information content (AvgIpc) is 2.94. The van der Waals surface area contributed by atoms with E-state index < -0.39 is 0 Å². The lowest BCUT2D eigenvalue weighted by molar-refractivity contribution is 0.511. The summed E-state index contributed by atoms with van der Waals surface area (Å²) in [5.74, 6) is 2.03. The number of imidazole rings is 1. The minimum Gasteiger partial charge on any atom is -0.399 e. The molecule has 0 saturated heterocycles. The van der Waals surface area contributed by atoms with Crippen LogP contribution in [0.2, 0.25) is 0 Å². The fraction of sp³-hybridized carbons (Fsp3) is 0.533. The summed E-state index contributed by atoms with van der Waals surface area (Å²) >= 11 is 0. The molecule has 0 unspecified atom stereocenters. The second kappa shape index (κ2) is 3.74. The van der Waals surface area contributed by atoms with E-state index in [4.69, 9.17) is 10.7 Å². The fourth-order valence-corrected chi connectivity index (χ4v) is 3.31. The first kappa shape index (κ1) is 10.4. The van der Waals surface area contributed by atoms with Gasteiger partial charge in [0.05, 0.1) is 11.0 Å². The Balaban J connectivity index is 1.92. The number of aromatic nitrogens is 2. The van der Waals surface area contributed by atoms with Crippen molar-refractivity contribution >= 4 is 16.7 Å². The normalized spacial score (nSPS) is 20.9. The Bertz CT molecular complexity index is 589. The van der Waals surface area contributed by atoms with Crippen molar-refractivity contribution in [3.05, 3.63) is 24.0 Å². The Morgan fingerprint density at radius 1 is 1.11 bits per heavy atom. The molecule has 2 fully saturated rings. The van der Waals surface area contributed by atoms with Crippen LogP contribution >= 0.6 is 0 Å². The highest BCUT2D eigenvalue weighted by Crippen LogP contribution is 2.44. The Kier molecular flexibility index (Phi) is 2.16. The number of rotatable bonds is 2. The lowest BCUT2D eigenvalue weighted by atomic mass is 10.2. The molecule has 2 saturated carbocycles. The number of hydrogen-bond donors (Lipinski definition) is 1. The molecule has 4 rings (SSSR count). The zero-order valence-electron chi connectivity index (χ0n) is 10.6. The molecule has 1 aromatic heterocycles. The van der Waals surface area contributed by atoms with Gasteiger partial charge in [-0.2, -0.15) is 0 Å². The summed E-state index contributed by atoms with van der Waals surface area (Å²) in [5.41, 5.74) is 9.08. The maximum atomic E-state index is 5.88. The van der Waals surface area contributed by atoms with Crippen molar-refractivity contribution in [3.63, 3.8) is 0 Å². The first-order chi connectivity index (χ1) is 8.83. The highest BCUT2D eigenvalue weighted by atomic mass is 15.1. The van der Waals surface area contributed by atoms with Crippen LogP contribution in [0.15, 0.2) is 18.2 Å². The SMILES string of the molecule is Nc1ccc2c(c1)nc(C1CC1)n2C1CCCC1. The van der Waals surface area contributed by atoms with Crippen molar-refractivity contribution < 1.29 is 0 Å². The second-order valence-electron chi connectivity index (χ2n) is 5.80. The first-order valence-corrected chi connectivity index (χ1v) is 7.10. The third-order valence-corrected chi connectivity index (χ3v) is 4.37. The van der Waals surface area contributed by atoms with Crippen molar-refractivity contribution in [3.8, 4) is 0 Å². The molecule has 0 radical (unpaired) electrons. The van der Waals surface area contributed by atoms with Crippen LogP contribution in [0.3, 0.4) is 0 Å². The fourth-order valence-electron chi connectivity index (χ4n) is 3.31. The molecule has 0 amide bonds. The van der Waals surface area contributed by atoms with Crippen LogP contribution in [0.1, 0.15) is 56.3 Å². The van der Waals surface area contributed by atoms with Gasteiger partial charge < -0.3 is 10.3 Å². The molecule has 2 N–H and O–H groups in total. The molecule has 0 spiro atoms. The third kappa shape index (κ3) is 1.53. The van der Waals surface area contributed by atoms with Crippen molar-refractivity contribution in [1.82, 2.24) is 9.55 Å². The lowest BCUT2D eigenvalue weighted by Crippen LogP contribution is -2.08. The third-order valence-electron chi connectivity index (χ3n) is 4.37. The topological polar surface area (TPSA) is 43.8 Å². The monoisotopic (exact) mass is 241 g/mol. The van der Waals surface area contributed by atoms with Gasteiger partial charge >= 0.3 is 0 Å². The van der Waals surface area contributed by atoms with Gasteiger partial charge in [-0.15, -0.1) is 0 Å². The molecule has 1 heterocycles. The van der Waals surface area contributed by atoms with E-state index in [2.05, 4.69) is 10.6 Å². The Morgan fingerprint density at radius 3 is 2.61 bits per heavy atom. The first-order valence-electron chi connectivity index (χ1n) is 7.10. The van der Waals surface area contributed by atoms with E-state index in [0.29, 0.717) is 12.0 Å². The lowest BCUT2D eigenvalue weighted by Gasteiger charge is -2.16. The molecule has 2 aliphatic rings. The minimum absolute atomic E-state index is 0.675. The maximum absolute atomic E-state index is 5.88. The summed E-state index contributed by atoms with van der Waals surface area (Å²) in [6, 6.07) is 6.86. The quantitative estimate of drug-likeness (QED) is 0.816. The number of benzene rings is 1. The van der Waals surface area contributed by atoms with Crippen LogP contribution in [0, 0.1) is 0 Å². The van der Waals surface area contributed by atoms with Crippen molar-refractivity contribution in [2.75, 3.05) is 5.73 Å². The van der Waals surface area contributed by atoms with Gasteiger partial charge in [-0.1, -0.05) is 12.8 Å². The molecule has 1 aromatic carbocycles. The van der Waals surface area contributed by atoms with E-state index in [-0.39, 0.29) is 0 Å². The molecular weight excluding hydrogens is 222 g/mol. The van der Waals surface area contributed by atoms with Crippen LogP contribution in [0.25, 0.3) is 11.0 Å². The predicted octanol–water partition coefficient (Wildman–Crippen LogP) is 3.61. The summed E-state index contributed by atoms with van der Waals surface area (Å²) in [7, 11) is 0. The van der Waals surface area contributed by atoms with E-state index in [1.54, 1.807) is 0 Å². The standard InChI is InChI=1S/C15H19N3/c16-11-7-8-14-13(9-11)17-15(10-5-6-10)18(14)12-3-1-2-4-12/h7-10,12H,1-6,16H2. The van der Waals surface area contributed by atoms with E-state index in [1.807, 2.05) is 12.1 Å². The number of nitrogens with two attached hydrogens (primary N) is 1. The summed E-state index contributed by atoms with van der Waals surface area (Å²) in [4.78, 5) is 4.86. The van der Waals surface area contributed by atoms with Gasteiger partial charge in [-0.25, -0.2) is 4.98 Å². The van der Waals surface area contributed by atoms with Crippen LogP contribution in [0.4, 0.5) is 5.69 Å². The highest BCUT2D eigenvalue weighted by Gasteiger charge is 2.32. The van der Waals surface area contributed by atoms with Crippen LogP contribution in [0.5, 0.6) is 0 Å². The van der Waals surface area contributed by atoms with Crippen molar-refractivity contribution in [2.45, 2.75) is 50.5 Å². The molecule has 2 aliphatic carbocycles. The number of anilines is 1. The molecule has 0 bridgehead atoms. The zero-order valence-corrected chi connectivity index (χ0v) is 10.6. The van der Waals surface area contributed by atoms with Gasteiger partial charge in [0.25, 0.3) is 0 Å². The van der Waals surface area contributed by atoms with Crippen molar-refractivity contribution in [1.29, 1.82) is 0 Å². The average molecular weight is 241 g/mol. The number of fused-ring (bicyclic) bond motifs is 1. The maximum Gasteiger partial charge on any atom is 0.113 e. The van der Waals surface area contributed by atoms with E-state index >= 15 is 0 Å². The molecule has 3 nitrogen and oxygen atoms in total. The number of hydrogen-bond acceptors (Lipinski definition) is 2. The summed E-state index contributed by atoms with van der Waals surface area (Å²) in [6.45, 7) is 0. The molecular formula is C15H19N3. The van der Waals surface area contributed by atoms with Gasteiger partial charge in [-0.05, 0) is 43.9 Å². The van der Waals surface area contributed by atoms with Crippen LogP contribution in [-0.2, 0) is 0 Å². The Labute approximate surface area is 107 Å². The molecule has 94 valence electrons. The number of nitrogen functional groups attached to an aromatic ring is 1. The van der Waals surface area contributed by atoms with E-state index in [9.17, 15) is 0 Å². The van der Waals surface area contributed by atoms with Gasteiger partial charge in [-0.3, -0.25) is 0 Å². The van der Waals surface area contributed by atoms with E-state index in [1.165, 1.54) is 49.9 Å². The predicted molar refractivity (Wildman–Crippen MR) is 73.6 cm³/mol. The number of nitrogens with zero attached hydrogens (tertiary/aromatic N) is 2. The molecule has 0 aliphatic heterocycles. The Hall–Kier alpha value is -1.51.